The van der Waals surface area contributed by atoms with Crippen molar-refractivity contribution < 1.29 is 33.8 Å². The monoisotopic (exact) mass is 590 g/mol. The highest BCUT2D eigenvalue weighted by Gasteiger charge is 2.28. The quantitative estimate of drug-likeness (QED) is 0.267. The third-order valence-electron chi connectivity index (χ3n) is 6.31. The molecule has 0 radical (unpaired) electrons. The summed E-state index contributed by atoms with van der Waals surface area (Å²) in [6, 6.07) is -0.998. The number of anilines is 2. The number of aryl methyl sites for hydroxylation is 1. The summed E-state index contributed by atoms with van der Waals surface area (Å²) in [5, 5.41) is 21.4. The van der Waals surface area contributed by atoms with Crippen molar-refractivity contribution in [1.29, 1.82) is 0 Å². The van der Waals surface area contributed by atoms with E-state index < -0.39 is 29.3 Å². The van der Waals surface area contributed by atoms with Crippen molar-refractivity contribution in [1.82, 2.24) is 20.3 Å². The Balaban J connectivity index is 1.56. The number of nitrogens with zero attached hydrogens (tertiary/aromatic N) is 3. The van der Waals surface area contributed by atoms with Crippen molar-refractivity contribution in [2.45, 2.75) is 72.8 Å². The van der Waals surface area contributed by atoms with E-state index in [0.717, 1.165) is 11.4 Å². The van der Waals surface area contributed by atoms with E-state index in [-0.39, 0.29) is 55.4 Å². The van der Waals surface area contributed by atoms with Gasteiger partial charge in [0.25, 0.3) is 5.91 Å². The highest BCUT2D eigenvalue weighted by atomic mass is 32.1. The van der Waals surface area contributed by atoms with Crippen LogP contribution in [-0.2, 0) is 36.7 Å². The molecule has 0 saturated carbocycles. The van der Waals surface area contributed by atoms with E-state index in [0.29, 0.717) is 30.8 Å². The number of hydrogen-bond donors (Lipinski definition) is 4. The standard InChI is InChI=1S/C27H38N6O7S/c1-6-39-20(34)11-9-17(24(37)40-7-2)30-23(36)18-14-41-19(29-18)10-8-15-12-16-21(28-13-15)31-26(32-22(16)35)33-25(38)27(3,4)5/h14-15,17H,6-13H2,1-5H3,(H,30,36)(H3,28,31,32,33,35,38)/t15?,17-/m1/s1. The molecule has 2 aromatic rings. The summed E-state index contributed by atoms with van der Waals surface area (Å²) in [4.78, 5) is 61.9. The Morgan fingerprint density at radius 3 is 2.56 bits per heavy atom. The average molecular weight is 591 g/mol. The first-order valence-electron chi connectivity index (χ1n) is 13.6. The number of ether oxygens (including phenoxy) is 2. The van der Waals surface area contributed by atoms with Gasteiger partial charge >= 0.3 is 11.9 Å². The fourth-order valence-electron chi connectivity index (χ4n) is 4.03. The lowest BCUT2D eigenvalue weighted by atomic mass is 9.92. The smallest absolute Gasteiger partial charge is 0.328 e. The molecule has 14 heteroatoms. The normalized spacial score (nSPS) is 15.2. The number of rotatable bonds is 12. The zero-order chi connectivity index (χ0) is 30.2. The summed E-state index contributed by atoms with van der Waals surface area (Å²) in [5.41, 5.74) is 0.136. The number of nitrogens with one attached hydrogen (secondary N) is 3. The maximum Gasteiger partial charge on any atom is 0.328 e. The lowest BCUT2D eigenvalue weighted by Crippen LogP contribution is -2.42. The van der Waals surface area contributed by atoms with Gasteiger partial charge in [-0.05, 0) is 45.4 Å². The number of fused-ring (bicyclic) bond motifs is 1. The van der Waals surface area contributed by atoms with Crippen LogP contribution in [-0.4, -0.2) is 69.6 Å². The lowest BCUT2D eigenvalue weighted by Gasteiger charge is -2.26. The van der Waals surface area contributed by atoms with E-state index in [2.05, 4.69) is 30.9 Å². The van der Waals surface area contributed by atoms with Gasteiger partial charge < -0.3 is 25.2 Å². The molecule has 224 valence electrons. The molecule has 1 unspecified atom stereocenters. The van der Waals surface area contributed by atoms with Gasteiger partial charge in [-0.3, -0.25) is 19.7 Å². The summed E-state index contributed by atoms with van der Waals surface area (Å²) < 4.78 is 9.94. The number of esters is 2. The van der Waals surface area contributed by atoms with E-state index >= 15 is 0 Å². The molecule has 1 aliphatic heterocycles. The Morgan fingerprint density at radius 1 is 1.15 bits per heavy atom. The zero-order valence-electron chi connectivity index (χ0n) is 24.0. The summed E-state index contributed by atoms with van der Waals surface area (Å²) >= 11 is 1.34. The van der Waals surface area contributed by atoms with Gasteiger partial charge in [-0.2, -0.15) is 9.97 Å². The van der Waals surface area contributed by atoms with Crippen molar-refractivity contribution >= 4 is 46.9 Å². The van der Waals surface area contributed by atoms with Crippen LogP contribution in [0.3, 0.4) is 0 Å². The molecule has 1 aliphatic rings. The first-order valence-corrected chi connectivity index (χ1v) is 14.5. The van der Waals surface area contributed by atoms with Gasteiger partial charge in [0.05, 0.1) is 23.8 Å². The zero-order valence-corrected chi connectivity index (χ0v) is 24.9. The second-order valence-electron chi connectivity index (χ2n) is 10.6. The molecule has 41 heavy (non-hydrogen) atoms. The largest absolute Gasteiger partial charge is 0.493 e. The fraction of sp³-hybridized carbons (Fsp3) is 0.593. The summed E-state index contributed by atoms with van der Waals surface area (Å²) in [6.45, 7) is 9.65. The molecule has 4 N–H and O–H groups in total. The van der Waals surface area contributed by atoms with Crippen LogP contribution in [0.1, 0.15) is 74.9 Å². The van der Waals surface area contributed by atoms with Crippen LogP contribution < -0.4 is 16.0 Å². The van der Waals surface area contributed by atoms with Gasteiger partial charge in [-0.25, -0.2) is 9.78 Å². The second kappa shape index (κ2) is 14.2. The minimum absolute atomic E-state index is 0.0358. The molecule has 2 amide bonds. The third kappa shape index (κ3) is 9.10. The van der Waals surface area contributed by atoms with Crippen LogP contribution in [0.5, 0.6) is 5.88 Å². The van der Waals surface area contributed by atoms with Crippen LogP contribution in [0.15, 0.2) is 5.38 Å². The predicted molar refractivity (Wildman–Crippen MR) is 152 cm³/mol. The Hall–Kier alpha value is -3.81. The van der Waals surface area contributed by atoms with Crippen molar-refractivity contribution in [3.8, 4) is 5.88 Å². The van der Waals surface area contributed by atoms with Crippen molar-refractivity contribution in [3.63, 3.8) is 0 Å². The highest BCUT2D eigenvalue weighted by molar-refractivity contribution is 7.09. The average Bonchev–Trinajstić information content (AvgIpc) is 3.39. The number of carbonyl (C=O) groups is 4. The number of hydrogen-bond acceptors (Lipinski definition) is 12. The summed E-state index contributed by atoms with van der Waals surface area (Å²) in [6.07, 6.45) is 1.89. The first-order chi connectivity index (χ1) is 19.4. The number of amides is 2. The van der Waals surface area contributed by atoms with E-state index in [4.69, 9.17) is 9.47 Å². The second-order valence-corrected chi connectivity index (χ2v) is 11.6. The molecule has 3 heterocycles. The van der Waals surface area contributed by atoms with Crippen LogP contribution in [0, 0.1) is 11.3 Å². The first kappa shape index (κ1) is 31.7. The molecule has 2 aromatic heterocycles. The maximum atomic E-state index is 12.8. The summed E-state index contributed by atoms with van der Waals surface area (Å²) in [7, 11) is 0. The number of aromatic nitrogens is 3. The van der Waals surface area contributed by atoms with Crippen LogP contribution in [0.25, 0.3) is 0 Å². The van der Waals surface area contributed by atoms with Gasteiger partial charge in [0.1, 0.15) is 17.6 Å². The van der Waals surface area contributed by atoms with Crippen molar-refractivity contribution in [3.05, 3.63) is 21.6 Å². The van der Waals surface area contributed by atoms with Gasteiger partial charge in [0.15, 0.2) is 0 Å². The van der Waals surface area contributed by atoms with Gasteiger partial charge in [-0.15, -0.1) is 11.3 Å². The van der Waals surface area contributed by atoms with E-state index in [1.807, 2.05) is 0 Å². The third-order valence-corrected chi connectivity index (χ3v) is 7.22. The number of aromatic hydroxyl groups is 1. The number of carbonyl (C=O) groups excluding carboxylic acids is 4. The van der Waals surface area contributed by atoms with Crippen LogP contribution in [0.2, 0.25) is 0 Å². The fourth-order valence-corrected chi connectivity index (χ4v) is 4.83. The minimum Gasteiger partial charge on any atom is -0.493 e. The van der Waals surface area contributed by atoms with Gasteiger partial charge in [-0.1, -0.05) is 20.8 Å². The highest BCUT2D eigenvalue weighted by Crippen LogP contribution is 2.32. The molecule has 0 saturated heterocycles. The Labute approximate surface area is 242 Å². The molecule has 0 fully saturated rings. The minimum atomic E-state index is -0.998. The lowest BCUT2D eigenvalue weighted by molar-refractivity contribution is -0.146. The van der Waals surface area contributed by atoms with Gasteiger partial charge in [0.2, 0.25) is 17.7 Å². The molecular weight excluding hydrogens is 552 g/mol. The molecule has 2 atom stereocenters. The molecule has 0 bridgehead atoms. The molecule has 0 aromatic carbocycles. The molecular formula is C27H38N6O7S. The molecule has 0 aliphatic carbocycles. The Bertz CT molecular complexity index is 1260. The van der Waals surface area contributed by atoms with E-state index in [1.165, 1.54) is 11.3 Å². The van der Waals surface area contributed by atoms with E-state index in [1.54, 1.807) is 40.0 Å². The Kier molecular flexibility index (Phi) is 11.0. The topological polar surface area (TPSA) is 182 Å². The molecule has 3 rings (SSSR count). The molecule has 13 nitrogen and oxygen atoms in total. The SMILES string of the molecule is CCOC(=O)CC[C@@H](NC(=O)c1csc(CCC2CNc3nc(NC(=O)C(C)(C)C)nc(O)c3C2)n1)C(=O)OCC. The summed E-state index contributed by atoms with van der Waals surface area (Å²) in [5.74, 6) is -1.35. The van der Waals surface area contributed by atoms with Crippen LogP contribution in [0.4, 0.5) is 11.8 Å². The molecule has 0 spiro atoms. The van der Waals surface area contributed by atoms with E-state index in [9.17, 15) is 24.3 Å². The van der Waals surface area contributed by atoms with Gasteiger partial charge in [0, 0.05) is 23.8 Å². The maximum absolute atomic E-state index is 12.8. The van der Waals surface area contributed by atoms with Crippen molar-refractivity contribution in [2.75, 3.05) is 30.4 Å². The number of thiazole rings is 1. The van der Waals surface area contributed by atoms with Crippen LogP contribution >= 0.6 is 11.3 Å². The Morgan fingerprint density at radius 2 is 1.88 bits per heavy atom. The predicted octanol–water partition coefficient (Wildman–Crippen LogP) is 2.85. The van der Waals surface area contributed by atoms with Crippen molar-refractivity contribution in [2.24, 2.45) is 11.3 Å².